The lowest BCUT2D eigenvalue weighted by Gasteiger charge is -2.37. The predicted molar refractivity (Wildman–Crippen MR) is 90.8 cm³/mol. The maximum atomic E-state index is 13.8. The van der Waals surface area contributed by atoms with Crippen molar-refractivity contribution in [1.82, 2.24) is 4.90 Å². The minimum absolute atomic E-state index is 0.00694. The summed E-state index contributed by atoms with van der Waals surface area (Å²) in [5.74, 6) is -0.752. The number of hydrogen-bond donors (Lipinski definition) is 0. The van der Waals surface area contributed by atoms with E-state index in [1.54, 1.807) is 0 Å². The van der Waals surface area contributed by atoms with Crippen molar-refractivity contribution in [2.24, 2.45) is 5.92 Å². The molecule has 2 aromatic rings. The summed E-state index contributed by atoms with van der Waals surface area (Å²) in [4.78, 5) is 16.6. The fourth-order valence-corrected chi connectivity index (χ4v) is 3.63. The molecule has 1 atom stereocenters. The second-order valence-corrected chi connectivity index (χ2v) is 6.62. The van der Waals surface area contributed by atoms with Crippen molar-refractivity contribution >= 4 is 16.7 Å². The molecule has 0 saturated carbocycles. The Morgan fingerprint density at radius 1 is 1.11 bits per heavy atom. The van der Waals surface area contributed by atoms with Crippen LogP contribution < -0.4 is 4.94 Å². The summed E-state index contributed by atoms with van der Waals surface area (Å²) in [6.45, 7) is 0.299. The van der Waals surface area contributed by atoms with Crippen LogP contribution >= 0.6 is 0 Å². The molecule has 4 nitrogen and oxygen atoms in total. The zero-order valence-corrected chi connectivity index (χ0v) is 14.6. The fourth-order valence-electron chi connectivity index (χ4n) is 3.63. The Balaban J connectivity index is 1.88. The number of carbonyl (C=O) groups excluding carboxylic acids is 1. The van der Waals surface area contributed by atoms with Gasteiger partial charge >= 0.3 is 12.1 Å². The van der Waals surface area contributed by atoms with Crippen LogP contribution in [-0.4, -0.2) is 37.2 Å². The number of methoxy groups -OCH3 is 1. The topological polar surface area (TPSA) is 38.8 Å². The Kier molecular flexibility index (Phi) is 5.55. The molecule has 1 aliphatic heterocycles. The Hall–Kier alpha value is -2.35. The molecule has 0 aromatic heterocycles. The first-order valence-corrected chi connectivity index (χ1v) is 8.54. The number of nitrogens with zero attached hydrogens (tertiary/aromatic N) is 1. The van der Waals surface area contributed by atoms with Gasteiger partial charge in [-0.2, -0.15) is 13.2 Å². The van der Waals surface area contributed by atoms with Crippen LogP contribution in [0, 0.1) is 5.92 Å². The molecular weight excluding hydrogens is 366 g/mol. The van der Waals surface area contributed by atoms with Crippen LogP contribution in [0.3, 0.4) is 0 Å². The summed E-state index contributed by atoms with van der Waals surface area (Å²) in [7, 11) is 1.28. The highest BCUT2D eigenvalue weighted by molar-refractivity contribution is 5.84. The van der Waals surface area contributed by atoms with E-state index in [2.05, 4.69) is 9.68 Å². The lowest BCUT2D eigenvalue weighted by molar-refractivity contribution is -0.190. The maximum absolute atomic E-state index is 13.8. The Bertz CT molecular complexity index is 816. The van der Waals surface area contributed by atoms with Crippen LogP contribution in [0.2, 0.25) is 0 Å². The van der Waals surface area contributed by atoms with E-state index in [1.807, 2.05) is 0 Å². The molecule has 0 spiro atoms. The molecule has 8 heteroatoms. The third-order valence-electron chi connectivity index (χ3n) is 4.98. The van der Waals surface area contributed by atoms with E-state index in [0.29, 0.717) is 23.6 Å². The van der Waals surface area contributed by atoms with Crippen molar-refractivity contribution in [3.63, 3.8) is 0 Å². The molecule has 1 saturated heterocycles. The summed E-state index contributed by atoms with van der Waals surface area (Å²) in [6, 6.07) is 6.91. The van der Waals surface area contributed by atoms with E-state index < -0.39 is 12.2 Å². The number of fused-ring (bicyclic) bond motifs is 1. The van der Waals surface area contributed by atoms with Crippen LogP contribution in [0.1, 0.15) is 24.4 Å². The number of alkyl halides is 3. The molecule has 1 aliphatic rings. The molecule has 1 unspecified atom stereocenters. The van der Waals surface area contributed by atoms with Gasteiger partial charge in [0, 0.05) is 4.53 Å². The number of esters is 1. The van der Waals surface area contributed by atoms with Gasteiger partial charge in [-0.3, -0.25) is 14.6 Å². The van der Waals surface area contributed by atoms with Crippen LogP contribution in [-0.2, 0) is 9.53 Å². The first-order valence-electron chi connectivity index (χ1n) is 8.54. The predicted octanol–water partition coefficient (Wildman–Crippen LogP) is 4.59. The molecule has 27 heavy (non-hydrogen) atoms. The van der Waals surface area contributed by atoms with E-state index in [4.69, 9.17) is 0 Å². The Labute approximate surface area is 153 Å². The van der Waals surface area contributed by atoms with Gasteiger partial charge < -0.3 is 4.74 Å². The van der Waals surface area contributed by atoms with Crippen molar-refractivity contribution < 1.29 is 32.2 Å². The molecule has 146 valence electrons. The van der Waals surface area contributed by atoms with Crippen LogP contribution in [0.25, 0.3) is 10.8 Å². The molecule has 1 fully saturated rings. The van der Waals surface area contributed by atoms with Crippen LogP contribution in [0.15, 0.2) is 36.4 Å². The first-order chi connectivity index (χ1) is 12.8. The number of piperidine rings is 1. The van der Waals surface area contributed by atoms with Crippen molar-refractivity contribution in [2.75, 3.05) is 20.2 Å². The number of likely N-dealkylation sites (tertiary alicyclic amines) is 1. The van der Waals surface area contributed by atoms with Crippen molar-refractivity contribution in [3.05, 3.63) is 42.0 Å². The van der Waals surface area contributed by atoms with Gasteiger partial charge in [0.05, 0.1) is 13.0 Å². The lowest BCUT2D eigenvalue weighted by Crippen LogP contribution is -2.44. The van der Waals surface area contributed by atoms with Gasteiger partial charge in [-0.25, -0.2) is 0 Å². The van der Waals surface area contributed by atoms with Gasteiger partial charge in [-0.05, 0) is 60.5 Å². The van der Waals surface area contributed by atoms with Crippen LogP contribution in [0.5, 0.6) is 5.75 Å². The molecular formula is C19H19F4NO3. The number of hydrogen-bond acceptors (Lipinski definition) is 4. The molecule has 0 N–H and O–H groups in total. The highest BCUT2D eigenvalue weighted by Crippen LogP contribution is 2.40. The normalized spacial score (nSPS) is 17.7. The zero-order valence-electron chi connectivity index (χ0n) is 14.6. The quantitative estimate of drug-likeness (QED) is 0.570. The van der Waals surface area contributed by atoms with Gasteiger partial charge in [0.15, 0.2) is 5.75 Å². The SMILES string of the molecule is COC(=O)C1CCN(C(c2ccc3cc(OF)ccc3c2)C(F)(F)F)CC1. The number of ether oxygens (including phenoxy) is 1. The molecule has 0 aliphatic carbocycles. The van der Waals surface area contributed by atoms with Gasteiger partial charge in [0.2, 0.25) is 0 Å². The molecule has 0 bridgehead atoms. The van der Waals surface area contributed by atoms with Crippen molar-refractivity contribution in [2.45, 2.75) is 25.1 Å². The zero-order chi connectivity index (χ0) is 19.6. The highest BCUT2D eigenvalue weighted by Gasteiger charge is 2.46. The summed E-state index contributed by atoms with van der Waals surface area (Å²) >= 11 is 0. The lowest BCUT2D eigenvalue weighted by atomic mass is 9.93. The molecule has 3 rings (SSSR count). The summed E-state index contributed by atoms with van der Waals surface area (Å²) < 4.78 is 58.5. The third-order valence-corrected chi connectivity index (χ3v) is 4.98. The van der Waals surface area contributed by atoms with Gasteiger partial charge in [-0.15, -0.1) is 0 Å². The molecule has 2 aromatic carbocycles. The van der Waals surface area contributed by atoms with E-state index in [9.17, 15) is 22.5 Å². The van der Waals surface area contributed by atoms with Gasteiger partial charge in [-0.1, -0.05) is 18.2 Å². The summed E-state index contributed by atoms with van der Waals surface area (Å²) in [6.07, 6.45) is -3.82. The minimum atomic E-state index is -4.46. The number of rotatable bonds is 4. The number of benzene rings is 2. The summed E-state index contributed by atoms with van der Waals surface area (Å²) in [5.41, 5.74) is 0.112. The largest absolute Gasteiger partial charge is 0.469 e. The second kappa shape index (κ2) is 7.72. The number of carbonyl (C=O) groups is 1. The standard InChI is InChI=1S/C19H19F4NO3/c1-26-18(25)12-6-8-24(9-7-12)17(19(20,21)22)15-3-2-14-11-16(27-23)5-4-13(14)10-15/h2-5,10-12,17H,6-9H2,1H3. The molecule has 0 radical (unpaired) electrons. The minimum Gasteiger partial charge on any atom is -0.469 e. The fraction of sp³-hybridized carbons (Fsp3) is 0.421. The van der Waals surface area contributed by atoms with E-state index >= 15 is 0 Å². The van der Waals surface area contributed by atoms with Gasteiger partial charge in [0.25, 0.3) is 0 Å². The Morgan fingerprint density at radius 3 is 2.33 bits per heavy atom. The second-order valence-electron chi connectivity index (χ2n) is 6.62. The van der Waals surface area contributed by atoms with Crippen LogP contribution in [0.4, 0.5) is 17.7 Å². The first kappa shape index (κ1) is 19.4. The Morgan fingerprint density at radius 2 is 1.74 bits per heavy atom. The smallest absolute Gasteiger partial charge is 0.408 e. The number of halogens is 4. The maximum Gasteiger partial charge on any atom is 0.408 e. The molecule has 1 heterocycles. The highest BCUT2D eigenvalue weighted by atomic mass is 19.4. The van der Waals surface area contributed by atoms with Gasteiger partial charge in [0.1, 0.15) is 6.04 Å². The monoisotopic (exact) mass is 385 g/mol. The summed E-state index contributed by atoms with van der Waals surface area (Å²) in [5, 5.41) is 1.14. The van der Waals surface area contributed by atoms with E-state index in [1.165, 1.54) is 48.4 Å². The third kappa shape index (κ3) is 4.16. The van der Waals surface area contributed by atoms with E-state index in [0.717, 1.165) is 0 Å². The molecule has 0 amide bonds. The van der Waals surface area contributed by atoms with E-state index in [-0.39, 0.29) is 36.3 Å². The average Bonchev–Trinajstić information content (AvgIpc) is 2.66. The van der Waals surface area contributed by atoms with Crippen molar-refractivity contribution in [3.8, 4) is 5.75 Å². The average molecular weight is 385 g/mol. The van der Waals surface area contributed by atoms with Crippen molar-refractivity contribution in [1.29, 1.82) is 0 Å².